The molecule has 3 rings (SSSR count). The Balaban J connectivity index is 2.23. The van der Waals surface area contributed by atoms with Crippen molar-refractivity contribution in [3.8, 4) is 17.3 Å². The van der Waals surface area contributed by atoms with Crippen LogP contribution in [0.5, 0.6) is 0 Å². The van der Waals surface area contributed by atoms with Gasteiger partial charge in [-0.05, 0) is 18.2 Å². The zero-order valence-electron chi connectivity index (χ0n) is 13.7. The first-order valence-corrected chi connectivity index (χ1v) is 10.0. The van der Waals surface area contributed by atoms with Crippen LogP contribution in [0.3, 0.4) is 0 Å². The molecule has 0 atom stereocenters. The smallest absolute Gasteiger partial charge is 0.177 e. The first-order valence-electron chi connectivity index (χ1n) is 7.77. The molecule has 1 aliphatic rings. The molecule has 1 aromatic carbocycles. The van der Waals surface area contributed by atoms with E-state index in [-0.39, 0.29) is 10.5 Å². The Morgan fingerprint density at radius 3 is 2.44 bits per heavy atom. The standard InChI is InChI=1S/C17H17ClN4O2S/c1-25(23,24)15-10-13(11-19)17(22-8-6-20-7-9-22)21-16(15)12-2-4-14(18)5-3-12/h2-5,10,20H,6-9H2,1H3. The lowest BCUT2D eigenvalue weighted by atomic mass is 10.1. The number of rotatable bonds is 3. The molecular formula is C17H17ClN4O2S. The first kappa shape index (κ1) is 17.7. The maximum Gasteiger partial charge on any atom is 0.177 e. The summed E-state index contributed by atoms with van der Waals surface area (Å²) < 4.78 is 24.5. The minimum absolute atomic E-state index is 0.0465. The van der Waals surface area contributed by atoms with Crippen molar-refractivity contribution in [1.29, 1.82) is 5.26 Å². The minimum Gasteiger partial charge on any atom is -0.353 e. The monoisotopic (exact) mass is 376 g/mol. The predicted octanol–water partition coefficient (Wildman–Crippen LogP) is 2.09. The van der Waals surface area contributed by atoms with Gasteiger partial charge in [0, 0.05) is 43.0 Å². The van der Waals surface area contributed by atoms with Gasteiger partial charge in [-0.3, -0.25) is 0 Å². The lowest BCUT2D eigenvalue weighted by molar-refractivity contribution is 0.584. The maximum atomic E-state index is 12.3. The molecular weight excluding hydrogens is 360 g/mol. The molecule has 1 fully saturated rings. The number of aromatic nitrogens is 1. The van der Waals surface area contributed by atoms with Crippen LogP contribution in [-0.4, -0.2) is 45.8 Å². The van der Waals surface area contributed by atoms with Crippen molar-refractivity contribution in [3.63, 3.8) is 0 Å². The van der Waals surface area contributed by atoms with E-state index in [4.69, 9.17) is 11.6 Å². The van der Waals surface area contributed by atoms with Gasteiger partial charge < -0.3 is 10.2 Å². The van der Waals surface area contributed by atoms with E-state index in [0.29, 0.717) is 35.2 Å². The number of piperazine rings is 1. The quantitative estimate of drug-likeness (QED) is 0.882. The number of halogens is 1. The Bertz CT molecular complexity index is 930. The van der Waals surface area contributed by atoms with E-state index in [9.17, 15) is 13.7 Å². The first-order chi connectivity index (χ1) is 11.9. The van der Waals surface area contributed by atoms with E-state index < -0.39 is 9.84 Å². The molecule has 0 radical (unpaired) electrons. The molecule has 1 aromatic heterocycles. The highest BCUT2D eigenvalue weighted by molar-refractivity contribution is 7.90. The number of anilines is 1. The highest BCUT2D eigenvalue weighted by Gasteiger charge is 2.23. The molecule has 0 bridgehead atoms. The summed E-state index contributed by atoms with van der Waals surface area (Å²) in [6.07, 6.45) is 1.12. The van der Waals surface area contributed by atoms with Gasteiger partial charge in [0.1, 0.15) is 11.9 Å². The number of benzene rings is 1. The Morgan fingerprint density at radius 2 is 1.88 bits per heavy atom. The molecule has 130 valence electrons. The normalized spacial score (nSPS) is 15.0. The van der Waals surface area contributed by atoms with Crippen molar-refractivity contribution in [3.05, 3.63) is 40.9 Å². The van der Waals surface area contributed by atoms with Gasteiger partial charge in [0.25, 0.3) is 0 Å². The van der Waals surface area contributed by atoms with Crippen LogP contribution in [0.2, 0.25) is 5.02 Å². The Morgan fingerprint density at radius 1 is 1.24 bits per heavy atom. The third-order valence-corrected chi connectivity index (χ3v) is 5.38. The van der Waals surface area contributed by atoms with Crippen molar-refractivity contribution in [2.24, 2.45) is 0 Å². The van der Waals surface area contributed by atoms with E-state index >= 15 is 0 Å². The second-order valence-corrected chi connectivity index (χ2v) is 8.25. The maximum absolute atomic E-state index is 12.3. The molecule has 6 nitrogen and oxygen atoms in total. The fourth-order valence-corrected chi connectivity index (χ4v) is 3.76. The largest absolute Gasteiger partial charge is 0.353 e. The molecule has 1 aliphatic heterocycles. The number of nitrogens with one attached hydrogen (secondary N) is 1. The number of sulfone groups is 1. The number of pyridine rings is 1. The van der Waals surface area contributed by atoms with Crippen molar-refractivity contribution in [2.75, 3.05) is 37.3 Å². The molecule has 8 heteroatoms. The van der Waals surface area contributed by atoms with Crippen LogP contribution in [0, 0.1) is 11.3 Å². The van der Waals surface area contributed by atoms with E-state index in [1.54, 1.807) is 24.3 Å². The number of nitrogens with zero attached hydrogens (tertiary/aromatic N) is 3. The highest BCUT2D eigenvalue weighted by atomic mass is 35.5. The predicted molar refractivity (Wildman–Crippen MR) is 97.6 cm³/mol. The van der Waals surface area contributed by atoms with Crippen molar-refractivity contribution in [2.45, 2.75) is 4.90 Å². The lowest BCUT2D eigenvalue weighted by Crippen LogP contribution is -2.44. The molecule has 2 aromatic rings. The molecule has 0 aliphatic carbocycles. The van der Waals surface area contributed by atoms with Crippen molar-refractivity contribution >= 4 is 27.3 Å². The summed E-state index contributed by atoms with van der Waals surface area (Å²) in [7, 11) is -3.55. The van der Waals surface area contributed by atoms with Gasteiger partial charge in [0.2, 0.25) is 0 Å². The van der Waals surface area contributed by atoms with Crippen LogP contribution >= 0.6 is 11.6 Å². The molecule has 0 spiro atoms. The fourth-order valence-electron chi connectivity index (χ4n) is 2.78. The van der Waals surface area contributed by atoms with Gasteiger partial charge in [-0.25, -0.2) is 13.4 Å². The topological polar surface area (TPSA) is 86.1 Å². The van der Waals surface area contributed by atoms with Crippen LogP contribution in [0.15, 0.2) is 35.2 Å². The molecule has 2 heterocycles. The van der Waals surface area contributed by atoms with Gasteiger partial charge in [-0.15, -0.1) is 0 Å². The van der Waals surface area contributed by atoms with E-state index in [1.165, 1.54) is 6.07 Å². The SMILES string of the molecule is CS(=O)(=O)c1cc(C#N)c(N2CCNCC2)nc1-c1ccc(Cl)cc1. The Labute approximate surface area is 152 Å². The molecule has 0 amide bonds. The van der Waals surface area contributed by atoms with Crippen LogP contribution in [0.4, 0.5) is 5.82 Å². The summed E-state index contributed by atoms with van der Waals surface area (Å²) >= 11 is 5.93. The summed E-state index contributed by atoms with van der Waals surface area (Å²) in [5.41, 5.74) is 1.25. The summed E-state index contributed by atoms with van der Waals surface area (Å²) in [6.45, 7) is 2.99. The van der Waals surface area contributed by atoms with Gasteiger partial charge in [0.05, 0.1) is 16.2 Å². The number of nitriles is 1. The van der Waals surface area contributed by atoms with E-state index in [2.05, 4.69) is 16.4 Å². The Hall–Kier alpha value is -2.14. The third kappa shape index (κ3) is 3.76. The molecule has 1 N–H and O–H groups in total. The lowest BCUT2D eigenvalue weighted by Gasteiger charge is -2.29. The van der Waals surface area contributed by atoms with E-state index in [1.807, 2.05) is 4.90 Å². The van der Waals surface area contributed by atoms with Gasteiger partial charge in [-0.1, -0.05) is 23.7 Å². The third-order valence-electron chi connectivity index (χ3n) is 4.02. The average Bonchev–Trinajstić information content (AvgIpc) is 2.61. The van der Waals surface area contributed by atoms with Crippen molar-refractivity contribution < 1.29 is 8.42 Å². The van der Waals surface area contributed by atoms with Crippen LogP contribution in [0.25, 0.3) is 11.3 Å². The average molecular weight is 377 g/mol. The second-order valence-electron chi connectivity index (χ2n) is 5.83. The zero-order chi connectivity index (χ0) is 18.0. The van der Waals surface area contributed by atoms with E-state index in [0.717, 1.165) is 19.3 Å². The molecule has 25 heavy (non-hydrogen) atoms. The van der Waals surface area contributed by atoms with Gasteiger partial charge >= 0.3 is 0 Å². The number of hydrogen-bond acceptors (Lipinski definition) is 6. The summed E-state index contributed by atoms with van der Waals surface area (Å²) in [5, 5.41) is 13.3. The number of hydrogen-bond donors (Lipinski definition) is 1. The second kappa shape index (κ2) is 7.00. The highest BCUT2D eigenvalue weighted by Crippen LogP contribution is 2.31. The van der Waals surface area contributed by atoms with Crippen LogP contribution in [0.1, 0.15) is 5.56 Å². The fraction of sp³-hybridized carbons (Fsp3) is 0.294. The zero-order valence-corrected chi connectivity index (χ0v) is 15.2. The van der Waals surface area contributed by atoms with Gasteiger partial charge in [0.15, 0.2) is 9.84 Å². The minimum atomic E-state index is -3.55. The molecule has 0 saturated carbocycles. The van der Waals surface area contributed by atoms with Crippen LogP contribution in [-0.2, 0) is 9.84 Å². The summed E-state index contributed by atoms with van der Waals surface area (Å²) in [5.74, 6) is 0.515. The molecule has 1 saturated heterocycles. The van der Waals surface area contributed by atoms with Crippen molar-refractivity contribution in [1.82, 2.24) is 10.3 Å². The summed E-state index contributed by atoms with van der Waals surface area (Å²) in [6, 6.07) is 10.3. The summed E-state index contributed by atoms with van der Waals surface area (Å²) in [4.78, 5) is 6.63. The molecule has 0 unspecified atom stereocenters. The Kier molecular flexibility index (Phi) is 4.95. The van der Waals surface area contributed by atoms with Crippen LogP contribution < -0.4 is 10.2 Å². The van der Waals surface area contributed by atoms with Gasteiger partial charge in [-0.2, -0.15) is 5.26 Å².